The first-order chi connectivity index (χ1) is 9.11. The van der Waals surface area contributed by atoms with Gasteiger partial charge in [-0.1, -0.05) is 0 Å². The van der Waals surface area contributed by atoms with Gasteiger partial charge in [0.25, 0.3) is 0 Å². The van der Waals surface area contributed by atoms with Gasteiger partial charge < -0.3 is 15.0 Å². The van der Waals surface area contributed by atoms with Gasteiger partial charge in [-0.2, -0.15) is 0 Å². The highest BCUT2D eigenvalue weighted by atomic mass is 16.5. The average Bonchev–Trinajstić information content (AvgIpc) is 2.43. The maximum absolute atomic E-state index is 11.8. The molecule has 0 aliphatic carbocycles. The number of hydrogen-bond acceptors (Lipinski definition) is 6. The summed E-state index contributed by atoms with van der Waals surface area (Å²) in [6, 6.07) is 0. The van der Waals surface area contributed by atoms with Crippen LogP contribution in [0.5, 0.6) is 0 Å². The minimum atomic E-state index is -0.369. The van der Waals surface area contributed by atoms with E-state index in [0.717, 1.165) is 37.2 Å². The van der Waals surface area contributed by atoms with Crippen LogP contribution in [0.3, 0.4) is 0 Å². The van der Waals surface area contributed by atoms with Gasteiger partial charge in [0.1, 0.15) is 5.82 Å². The number of rotatable bonds is 4. The normalized spacial score (nSPS) is 14.3. The lowest BCUT2D eigenvalue weighted by molar-refractivity contribution is 0.0591. The van der Waals surface area contributed by atoms with E-state index in [2.05, 4.69) is 20.2 Å². The fourth-order valence-electron chi connectivity index (χ4n) is 2.11. The van der Waals surface area contributed by atoms with Crippen LogP contribution in [0.4, 0.5) is 0 Å². The van der Waals surface area contributed by atoms with E-state index in [0.29, 0.717) is 18.1 Å². The second-order valence-corrected chi connectivity index (χ2v) is 4.89. The Morgan fingerprint density at radius 3 is 2.89 bits per heavy atom. The molecule has 2 heterocycles. The number of carbonyl (C=O) groups excluding carboxylic acids is 1. The van der Waals surface area contributed by atoms with Crippen LogP contribution in [0.15, 0.2) is 0 Å². The third-order valence-electron chi connectivity index (χ3n) is 3.14. The van der Waals surface area contributed by atoms with E-state index in [9.17, 15) is 4.79 Å². The summed E-state index contributed by atoms with van der Waals surface area (Å²) in [5.74, 6) is 0.336. The van der Waals surface area contributed by atoms with Crippen LogP contribution in [0, 0.1) is 0 Å². The lowest BCUT2D eigenvalue weighted by atomic mass is 10.0. The topological polar surface area (TPSA) is 67.3 Å². The molecular formula is C13H20N4O2. The fraction of sp³-hybridized carbons (Fsp3) is 0.615. The third-order valence-corrected chi connectivity index (χ3v) is 3.14. The first kappa shape index (κ1) is 13.9. The molecule has 1 aliphatic heterocycles. The lowest BCUT2D eigenvalue weighted by Crippen LogP contribution is -2.29. The summed E-state index contributed by atoms with van der Waals surface area (Å²) < 4.78 is 4.82. The average molecular weight is 264 g/mol. The van der Waals surface area contributed by atoms with Gasteiger partial charge in [0.2, 0.25) is 0 Å². The standard InChI is InChI=1S/C13H20N4O2/c1-17(2)7-5-11-15-10-8-14-6-4-9(10)12(16-11)13(18)19-3/h14H,4-8H2,1-3H3. The van der Waals surface area contributed by atoms with Crippen LogP contribution >= 0.6 is 0 Å². The molecule has 104 valence electrons. The van der Waals surface area contributed by atoms with E-state index >= 15 is 0 Å². The molecule has 1 aromatic heterocycles. The van der Waals surface area contributed by atoms with Crippen molar-refractivity contribution in [2.45, 2.75) is 19.4 Å². The van der Waals surface area contributed by atoms with Crippen LogP contribution in [-0.4, -0.2) is 55.1 Å². The third kappa shape index (κ3) is 3.27. The quantitative estimate of drug-likeness (QED) is 0.773. The van der Waals surface area contributed by atoms with Gasteiger partial charge in [-0.05, 0) is 27.1 Å². The minimum Gasteiger partial charge on any atom is -0.464 e. The number of methoxy groups -OCH3 is 1. The number of fused-ring (bicyclic) bond motifs is 1. The molecule has 0 aromatic carbocycles. The van der Waals surface area contributed by atoms with E-state index in [1.807, 2.05) is 14.1 Å². The Kier molecular flexibility index (Phi) is 4.44. The van der Waals surface area contributed by atoms with E-state index < -0.39 is 0 Å². The van der Waals surface area contributed by atoms with Crippen molar-refractivity contribution in [3.63, 3.8) is 0 Å². The number of nitrogens with one attached hydrogen (secondary N) is 1. The van der Waals surface area contributed by atoms with E-state index in [1.165, 1.54) is 7.11 Å². The Labute approximate surface area is 113 Å². The molecule has 0 saturated heterocycles. The van der Waals surface area contributed by atoms with Crippen molar-refractivity contribution >= 4 is 5.97 Å². The molecule has 0 radical (unpaired) electrons. The SMILES string of the molecule is COC(=O)c1nc(CCN(C)C)nc2c1CCNC2. The maximum atomic E-state index is 11.8. The summed E-state index contributed by atoms with van der Waals surface area (Å²) in [6.45, 7) is 2.39. The monoisotopic (exact) mass is 264 g/mol. The summed E-state index contributed by atoms with van der Waals surface area (Å²) in [5.41, 5.74) is 2.29. The molecule has 19 heavy (non-hydrogen) atoms. The molecule has 0 saturated carbocycles. The Morgan fingerprint density at radius 2 is 2.21 bits per heavy atom. The van der Waals surface area contributed by atoms with Gasteiger partial charge in [-0.15, -0.1) is 0 Å². The van der Waals surface area contributed by atoms with Gasteiger partial charge >= 0.3 is 5.97 Å². The molecular weight excluding hydrogens is 244 g/mol. The van der Waals surface area contributed by atoms with Gasteiger partial charge in [-0.3, -0.25) is 0 Å². The lowest BCUT2D eigenvalue weighted by Gasteiger charge is -2.19. The van der Waals surface area contributed by atoms with Crippen molar-refractivity contribution in [3.05, 3.63) is 22.8 Å². The molecule has 0 fully saturated rings. The van der Waals surface area contributed by atoms with Gasteiger partial charge in [0, 0.05) is 25.1 Å². The molecule has 1 N–H and O–H groups in total. The summed E-state index contributed by atoms with van der Waals surface area (Å²) >= 11 is 0. The predicted molar refractivity (Wildman–Crippen MR) is 71.0 cm³/mol. The molecule has 0 atom stereocenters. The number of hydrogen-bond donors (Lipinski definition) is 1. The van der Waals surface area contributed by atoms with Crippen LogP contribution < -0.4 is 5.32 Å². The highest BCUT2D eigenvalue weighted by molar-refractivity contribution is 5.89. The zero-order valence-electron chi connectivity index (χ0n) is 11.7. The first-order valence-electron chi connectivity index (χ1n) is 6.44. The van der Waals surface area contributed by atoms with Crippen LogP contribution in [0.2, 0.25) is 0 Å². The Hall–Kier alpha value is -1.53. The molecule has 1 aliphatic rings. The maximum Gasteiger partial charge on any atom is 0.357 e. The summed E-state index contributed by atoms with van der Waals surface area (Å²) in [4.78, 5) is 22.8. The molecule has 6 nitrogen and oxygen atoms in total. The van der Waals surface area contributed by atoms with Crippen LogP contribution in [0.25, 0.3) is 0 Å². The number of carbonyl (C=O) groups is 1. The van der Waals surface area contributed by atoms with E-state index in [-0.39, 0.29) is 5.97 Å². The Morgan fingerprint density at radius 1 is 1.42 bits per heavy atom. The Balaban J connectivity index is 2.33. The second kappa shape index (κ2) is 6.08. The molecule has 0 unspecified atom stereocenters. The molecule has 2 rings (SSSR count). The number of likely N-dealkylation sites (N-methyl/N-ethyl adjacent to an activating group) is 1. The van der Waals surface area contributed by atoms with Crippen molar-refractivity contribution < 1.29 is 9.53 Å². The van der Waals surface area contributed by atoms with Crippen molar-refractivity contribution in [1.29, 1.82) is 0 Å². The van der Waals surface area contributed by atoms with Crippen molar-refractivity contribution in [1.82, 2.24) is 20.2 Å². The van der Waals surface area contributed by atoms with Crippen molar-refractivity contribution in [2.75, 3.05) is 34.3 Å². The van der Waals surface area contributed by atoms with Gasteiger partial charge in [0.05, 0.1) is 12.8 Å². The minimum absolute atomic E-state index is 0.369. The molecule has 0 bridgehead atoms. The number of esters is 1. The zero-order chi connectivity index (χ0) is 13.8. The molecule has 1 aromatic rings. The Bertz CT molecular complexity index is 474. The van der Waals surface area contributed by atoms with Gasteiger partial charge in [0.15, 0.2) is 5.69 Å². The van der Waals surface area contributed by atoms with E-state index in [1.54, 1.807) is 0 Å². The smallest absolute Gasteiger partial charge is 0.357 e. The predicted octanol–water partition coefficient (Wildman–Crippen LogP) is 0.0130. The summed E-state index contributed by atoms with van der Waals surface area (Å²) in [5, 5.41) is 3.26. The zero-order valence-corrected chi connectivity index (χ0v) is 11.7. The first-order valence-corrected chi connectivity index (χ1v) is 6.44. The fourth-order valence-corrected chi connectivity index (χ4v) is 2.11. The highest BCUT2D eigenvalue weighted by Crippen LogP contribution is 2.17. The van der Waals surface area contributed by atoms with Crippen molar-refractivity contribution in [2.24, 2.45) is 0 Å². The van der Waals surface area contributed by atoms with Crippen molar-refractivity contribution in [3.8, 4) is 0 Å². The molecule has 0 amide bonds. The number of nitrogens with zero attached hydrogens (tertiary/aromatic N) is 3. The highest BCUT2D eigenvalue weighted by Gasteiger charge is 2.22. The number of aromatic nitrogens is 2. The molecule has 6 heteroatoms. The largest absolute Gasteiger partial charge is 0.464 e. The second-order valence-electron chi connectivity index (χ2n) is 4.89. The number of ether oxygens (including phenoxy) is 1. The van der Waals surface area contributed by atoms with Crippen LogP contribution in [-0.2, 0) is 24.1 Å². The summed E-state index contributed by atoms with van der Waals surface area (Å²) in [7, 11) is 5.39. The van der Waals surface area contributed by atoms with Crippen LogP contribution in [0.1, 0.15) is 27.6 Å². The molecule has 0 spiro atoms. The van der Waals surface area contributed by atoms with E-state index in [4.69, 9.17) is 4.74 Å². The summed E-state index contributed by atoms with van der Waals surface area (Å²) in [6.07, 6.45) is 1.50. The van der Waals surface area contributed by atoms with Gasteiger partial charge in [-0.25, -0.2) is 14.8 Å².